The van der Waals surface area contributed by atoms with Crippen LogP contribution < -0.4 is 15.8 Å². The lowest BCUT2D eigenvalue weighted by Gasteiger charge is -2.13. The quantitative estimate of drug-likeness (QED) is 0.758. The predicted octanol–water partition coefficient (Wildman–Crippen LogP) is 1.25. The summed E-state index contributed by atoms with van der Waals surface area (Å²) in [5.41, 5.74) is 6.21. The first-order valence-electron chi connectivity index (χ1n) is 5.86. The number of rotatable bonds is 6. The fourth-order valence-electron chi connectivity index (χ4n) is 1.46. The number of carbonyl (C=O) groups is 1. The van der Waals surface area contributed by atoms with Crippen LogP contribution in [0.1, 0.15) is 24.9 Å². The van der Waals surface area contributed by atoms with Crippen LogP contribution in [0.4, 0.5) is 4.39 Å². The minimum Gasteiger partial charge on any atom is -0.483 e. The lowest BCUT2D eigenvalue weighted by molar-refractivity contribution is -0.123. The van der Waals surface area contributed by atoms with Crippen LogP contribution in [0.3, 0.4) is 0 Å². The summed E-state index contributed by atoms with van der Waals surface area (Å²) in [6.07, 6.45) is 0.243. The van der Waals surface area contributed by atoms with Crippen molar-refractivity contribution >= 4 is 5.91 Å². The molecule has 1 rings (SSSR count). The van der Waals surface area contributed by atoms with Gasteiger partial charge in [-0.1, -0.05) is 0 Å². The summed E-state index contributed by atoms with van der Waals surface area (Å²) in [5, 5.41) is 10.9. The summed E-state index contributed by atoms with van der Waals surface area (Å²) in [5.74, 6) is -0.361. The van der Waals surface area contributed by atoms with E-state index in [0.29, 0.717) is 11.3 Å². The average molecular weight is 265 g/mol. The number of carbonyl (C=O) groups excluding carboxylic acids is 1. The summed E-state index contributed by atoms with van der Waals surface area (Å²) in [6, 6.07) is 5.49. The highest BCUT2D eigenvalue weighted by Crippen LogP contribution is 2.24. The van der Waals surface area contributed by atoms with E-state index in [2.05, 4.69) is 5.32 Å². The third-order valence-corrected chi connectivity index (χ3v) is 2.38. The molecule has 1 unspecified atom stereocenters. The Morgan fingerprint density at radius 1 is 1.63 bits per heavy atom. The summed E-state index contributed by atoms with van der Waals surface area (Å²) < 4.78 is 18.4. The van der Waals surface area contributed by atoms with E-state index in [1.807, 2.05) is 6.07 Å². The van der Waals surface area contributed by atoms with Gasteiger partial charge in [0.05, 0.1) is 12.5 Å². The van der Waals surface area contributed by atoms with E-state index in [1.54, 1.807) is 6.92 Å². The van der Waals surface area contributed by atoms with Gasteiger partial charge in [-0.2, -0.15) is 5.26 Å². The van der Waals surface area contributed by atoms with Gasteiger partial charge in [-0.25, -0.2) is 4.39 Å². The highest BCUT2D eigenvalue weighted by molar-refractivity contribution is 5.77. The molecule has 1 aromatic carbocycles. The number of nitrogens with one attached hydrogen (secondary N) is 1. The molecule has 0 aliphatic carbocycles. The maximum Gasteiger partial charge on any atom is 0.257 e. The highest BCUT2D eigenvalue weighted by atomic mass is 19.1. The standard InChI is InChI=1S/C13H16FN3O2/c1-9(16)11-7-10(14)3-4-12(11)19-8-13(18)17-6-2-5-15/h3-4,7,9H,2,6,8,16H2,1H3,(H,17,18). The zero-order chi connectivity index (χ0) is 14.3. The first kappa shape index (κ1) is 14.9. The molecule has 0 bridgehead atoms. The van der Waals surface area contributed by atoms with Gasteiger partial charge < -0.3 is 15.8 Å². The molecule has 6 heteroatoms. The van der Waals surface area contributed by atoms with Gasteiger partial charge >= 0.3 is 0 Å². The molecule has 0 saturated heterocycles. The second-order valence-corrected chi connectivity index (χ2v) is 4.02. The number of nitriles is 1. The monoisotopic (exact) mass is 265 g/mol. The molecule has 1 amide bonds. The minimum atomic E-state index is -0.405. The summed E-state index contributed by atoms with van der Waals surface area (Å²) in [6.45, 7) is 1.79. The van der Waals surface area contributed by atoms with Crippen molar-refractivity contribution in [2.45, 2.75) is 19.4 Å². The minimum absolute atomic E-state index is 0.198. The van der Waals surface area contributed by atoms with Gasteiger partial charge in [-0.15, -0.1) is 0 Å². The Balaban J connectivity index is 2.58. The molecule has 19 heavy (non-hydrogen) atoms. The number of halogens is 1. The number of amides is 1. The topological polar surface area (TPSA) is 88.1 Å². The van der Waals surface area contributed by atoms with E-state index in [0.717, 1.165) is 0 Å². The zero-order valence-electron chi connectivity index (χ0n) is 10.6. The molecule has 0 heterocycles. The molecule has 0 aromatic heterocycles. The number of hydrogen-bond donors (Lipinski definition) is 2. The molecule has 5 nitrogen and oxygen atoms in total. The molecular weight excluding hydrogens is 249 g/mol. The SMILES string of the molecule is CC(N)c1cc(F)ccc1OCC(=O)NCCC#N. The normalized spacial score (nSPS) is 11.5. The average Bonchev–Trinajstić information content (AvgIpc) is 2.37. The molecule has 0 aliphatic rings. The van der Waals surface area contributed by atoms with Crippen LogP contribution in [0.2, 0.25) is 0 Å². The third kappa shape index (κ3) is 4.94. The van der Waals surface area contributed by atoms with Crippen molar-refractivity contribution in [2.75, 3.05) is 13.2 Å². The largest absolute Gasteiger partial charge is 0.483 e. The summed E-state index contributed by atoms with van der Waals surface area (Å²) in [7, 11) is 0. The van der Waals surface area contributed by atoms with Gasteiger partial charge in [0.25, 0.3) is 5.91 Å². The van der Waals surface area contributed by atoms with Gasteiger partial charge in [0, 0.05) is 18.2 Å². The Morgan fingerprint density at radius 2 is 2.37 bits per heavy atom. The second-order valence-electron chi connectivity index (χ2n) is 4.02. The van der Waals surface area contributed by atoms with Gasteiger partial charge in [-0.3, -0.25) is 4.79 Å². The maximum absolute atomic E-state index is 13.1. The molecule has 1 atom stereocenters. The van der Waals surface area contributed by atoms with Crippen LogP contribution in [0.25, 0.3) is 0 Å². The number of nitrogens with two attached hydrogens (primary N) is 1. The van der Waals surface area contributed by atoms with E-state index in [1.165, 1.54) is 18.2 Å². The smallest absolute Gasteiger partial charge is 0.257 e. The van der Waals surface area contributed by atoms with Crippen LogP contribution in [-0.2, 0) is 4.79 Å². The molecule has 102 valence electrons. The van der Waals surface area contributed by atoms with E-state index in [4.69, 9.17) is 15.7 Å². The maximum atomic E-state index is 13.1. The molecule has 0 spiro atoms. The Hall–Kier alpha value is -2.13. The number of benzene rings is 1. The Morgan fingerprint density at radius 3 is 3.00 bits per heavy atom. The van der Waals surface area contributed by atoms with Crippen LogP contribution in [0.5, 0.6) is 5.75 Å². The van der Waals surface area contributed by atoms with Crippen LogP contribution in [0.15, 0.2) is 18.2 Å². The second kappa shape index (κ2) is 7.34. The molecule has 1 aromatic rings. The van der Waals surface area contributed by atoms with Crippen molar-refractivity contribution in [3.63, 3.8) is 0 Å². The molecular formula is C13H16FN3O2. The van der Waals surface area contributed by atoms with Crippen LogP contribution >= 0.6 is 0 Å². The number of ether oxygens (including phenoxy) is 1. The molecule has 0 fully saturated rings. The van der Waals surface area contributed by atoms with Gasteiger partial charge in [-0.05, 0) is 25.1 Å². The highest BCUT2D eigenvalue weighted by Gasteiger charge is 2.11. The Kier molecular flexibility index (Phi) is 5.76. The number of hydrogen-bond acceptors (Lipinski definition) is 4. The predicted molar refractivity (Wildman–Crippen MR) is 67.7 cm³/mol. The lowest BCUT2D eigenvalue weighted by atomic mass is 10.1. The zero-order valence-corrected chi connectivity index (χ0v) is 10.6. The van der Waals surface area contributed by atoms with Gasteiger partial charge in [0.1, 0.15) is 11.6 Å². The van der Waals surface area contributed by atoms with Crippen molar-refractivity contribution in [3.8, 4) is 11.8 Å². The fourth-order valence-corrected chi connectivity index (χ4v) is 1.46. The van der Waals surface area contributed by atoms with Crippen LogP contribution in [-0.4, -0.2) is 19.1 Å². The van der Waals surface area contributed by atoms with E-state index in [-0.39, 0.29) is 25.5 Å². The summed E-state index contributed by atoms with van der Waals surface area (Å²) >= 11 is 0. The van der Waals surface area contributed by atoms with Gasteiger partial charge in [0.2, 0.25) is 0 Å². The first-order chi connectivity index (χ1) is 9.04. The van der Waals surface area contributed by atoms with Crippen molar-refractivity contribution < 1.29 is 13.9 Å². The van der Waals surface area contributed by atoms with Crippen molar-refractivity contribution in [3.05, 3.63) is 29.6 Å². The lowest BCUT2D eigenvalue weighted by Crippen LogP contribution is -2.29. The molecule has 0 aliphatic heterocycles. The van der Waals surface area contributed by atoms with Crippen molar-refractivity contribution in [1.82, 2.24) is 5.32 Å². The van der Waals surface area contributed by atoms with Crippen molar-refractivity contribution in [1.29, 1.82) is 5.26 Å². The number of nitrogens with zero attached hydrogens (tertiary/aromatic N) is 1. The third-order valence-electron chi connectivity index (χ3n) is 2.38. The van der Waals surface area contributed by atoms with E-state index >= 15 is 0 Å². The Labute approximate surface area is 111 Å². The van der Waals surface area contributed by atoms with Gasteiger partial charge in [0.15, 0.2) is 6.61 Å². The summed E-state index contributed by atoms with van der Waals surface area (Å²) in [4.78, 5) is 11.4. The van der Waals surface area contributed by atoms with E-state index < -0.39 is 11.9 Å². The fraction of sp³-hybridized carbons (Fsp3) is 0.385. The van der Waals surface area contributed by atoms with E-state index in [9.17, 15) is 9.18 Å². The molecule has 0 saturated carbocycles. The Bertz CT molecular complexity index is 483. The first-order valence-corrected chi connectivity index (χ1v) is 5.86. The van der Waals surface area contributed by atoms with Crippen molar-refractivity contribution in [2.24, 2.45) is 5.73 Å². The van der Waals surface area contributed by atoms with Crippen LogP contribution in [0, 0.1) is 17.1 Å². The molecule has 3 N–H and O–H groups in total. The molecule has 0 radical (unpaired) electrons.